The predicted molar refractivity (Wildman–Crippen MR) is 90.7 cm³/mol. The number of amides is 2. The van der Waals surface area contributed by atoms with Crippen LogP contribution in [-0.4, -0.2) is 47.9 Å². The number of hydrogen-bond donors (Lipinski definition) is 2. The Morgan fingerprint density at radius 3 is 2.78 bits per heavy atom. The number of aliphatic carboxylic acids is 1. The zero-order chi connectivity index (χ0) is 19.8. The third-order valence-corrected chi connectivity index (χ3v) is 5.50. The van der Waals surface area contributed by atoms with Crippen LogP contribution in [0.2, 0.25) is 0 Å². The van der Waals surface area contributed by atoms with Crippen LogP contribution >= 0.6 is 0 Å². The van der Waals surface area contributed by atoms with Gasteiger partial charge in [-0.05, 0) is 37.8 Å². The van der Waals surface area contributed by atoms with Crippen molar-refractivity contribution in [3.05, 3.63) is 23.8 Å². The van der Waals surface area contributed by atoms with E-state index in [1.165, 1.54) is 17.0 Å². The normalized spacial score (nSPS) is 24.6. The summed E-state index contributed by atoms with van der Waals surface area (Å²) in [4.78, 5) is 25.8. The van der Waals surface area contributed by atoms with E-state index < -0.39 is 30.2 Å². The van der Waals surface area contributed by atoms with E-state index in [1.54, 1.807) is 13.0 Å². The number of ether oxygens (including phenoxy) is 1. The van der Waals surface area contributed by atoms with Crippen molar-refractivity contribution in [3.63, 3.8) is 0 Å². The second-order valence-corrected chi connectivity index (χ2v) is 7.19. The first kappa shape index (κ1) is 19.3. The van der Waals surface area contributed by atoms with Crippen molar-refractivity contribution < 1.29 is 32.6 Å². The predicted octanol–water partition coefficient (Wildman–Crippen LogP) is 3.65. The summed E-state index contributed by atoms with van der Waals surface area (Å²) in [6.07, 6.45) is -2.29. The van der Waals surface area contributed by atoms with Gasteiger partial charge in [-0.3, -0.25) is 4.79 Å². The van der Waals surface area contributed by atoms with Gasteiger partial charge in [0, 0.05) is 24.3 Å². The Labute approximate surface area is 154 Å². The van der Waals surface area contributed by atoms with E-state index in [-0.39, 0.29) is 18.2 Å². The van der Waals surface area contributed by atoms with Crippen molar-refractivity contribution in [3.8, 4) is 5.75 Å². The molecule has 2 fully saturated rings. The molecule has 2 aliphatic rings. The molecule has 1 saturated carbocycles. The number of carboxylic acids is 1. The molecule has 148 valence electrons. The third kappa shape index (κ3) is 3.81. The number of halogens is 3. The second-order valence-electron chi connectivity index (χ2n) is 7.19. The van der Waals surface area contributed by atoms with Crippen molar-refractivity contribution in [2.75, 3.05) is 25.0 Å². The highest BCUT2D eigenvalue weighted by Crippen LogP contribution is 2.49. The Morgan fingerprint density at radius 2 is 2.15 bits per heavy atom. The van der Waals surface area contributed by atoms with E-state index in [2.05, 4.69) is 5.32 Å². The Morgan fingerprint density at radius 1 is 1.41 bits per heavy atom. The first-order valence-electron chi connectivity index (χ1n) is 8.71. The van der Waals surface area contributed by atoms with Crippen molar-refractivity contribution in [1.29, 1.82) is 0 Å². The fraction of sp³-hybridized carbons (Fsp3) is 0.556. The molecule has 1 aliphatic heterocycles. The lowest BCUT2D eigenvalue weighted by Gasteiger charge is -2.23. The minimum absolute atomic E-state index is 0.0328. The second kappa shape index (κ2) is 6.94. The molecule has 1 aromatic rings. The topological polar surface area (TPSA) is 78.9 Å². The number of rotatable bonds is 4. The van der Waals surface area contributed by atoms with Gasteiger partial charge in [0.1, 0.15) is 5.75 Å². The van der Waals surface area contributed by atoms with E-state index >= 15 is 0 Å². The average Bonchev–Trinajstić information content (AvgIpc) is 3.13. The minimum Gasteiger partial charge on any atom is -0.484 e. The monoisotopic (exact) mass is 386 g/mol. The van der Waals surface area contributed by atoms with Crippen LogP contribution in [0, 0.1) is 18.3 Å². The molecular weight excluding hydrogens is 365 g/mol. The molecule has 2 atom stereocenters. The van der Waals surface area contributed by atoms with E-state index in [1.807, 2.05) is 0 Å². The maximum atomic E-state index is 12.6. The molecule has 6 nitrogen and oxygen atoms in total. The molecule has 0 aromatic heterocycles. The number of urea groups is 1. The van der Waals surface area contributed by atoms with Gasteiger partial charge in [-0.15, -0.1) is 0 Å². The number of alkyl halides is 3. The van der Waals surface area contributed by atoms with E-state index in [0.717, 1.165) is 12.8 Å². The average molecular weight is 386 g/mol. The van der Waals surface area contributed by atoms with Crippen LogP contribution in [0.5, 0.6) is 5.75 Å². The fourth-order valence-corrected chi connectivity index (χ4v) is 4.05. The zero-order valence-electron chi connectivity index (χ0n) is 14.8. The smallest absolute Gasteiger partial charge is 0.422 e. The van der Waals surface area contributed by atoms with Crippen molar-refractivity contribution in [2.24, 2.45) is 11.3 Å². The van der Waals surface area contributed by atoms with Gasteiger partial charge >= 0.3 is 18.2 Å². The number of carbonyl (C=O) groups is 2. The van der Waals surface area contributed by atoms with Crippen LogP contribution in [0.15, 0.2) is 18.2 Å². The summed E-state index contributed by atoms with van der Waals surface area (Å²) in [7, 11) is 0. The number of likely N-dealkylation sites (tertiary alicyclic amines) is 1. The molecule has 1 saturated heterocycles. The molecule has 2 amide bonds. The van der Waals surface area contributed by atoms with Gasteiger partial charge < -0.3 is 20.1 Å². The highest BCUT2D eigenvalue weighted by Gasteiger charge is 2.55. The maximum absolute atomic E-state index is 12.6. The summed E-state index contributed by atoms with van der Waals surface area (Å²) >= 11 is 0. The largest absolute Gasteiger partial charge is 0.484 e. The molecule has 3 rings (SSSR count). The molecule has 1 aliphatic carbocycles. The lowest BCUT2D eigenvalue weighted by molar-refractivity contribution is -0.153. The van der Waals surface area contributed by atoms with Crippen LogP contribution < -0.4 is 10.1 Å². The van der Waals surface area contributed by atoms with Gasteiger partial charge in [0.25, 0.3) is 0 Å². The van der Waals surface area contributed by atoms with Crippen LogP contribution in [-0.2, 0) is 4.79 Å². The lowest BCUT2D eigenvalue weighted by atomic mass is 9.81. The fourth-order valence-electron chi connectivity index (χ4n) is 4.05. The first-order chi connectivity index (χ1) is 12.6. The van der Waals surface area contributed by atoms with Gasteiger partial charge in [0.2, 0.25) is 0 Å². The summed E-state index contributed by atoms with van der Waals surface area (Å²) in [6, 6.07) is 4.00. The number of benzene rings is 1. The molecule has 1 heterocycles. The molecule has 9 heteroatoms. The number of nitrogens with one attached hydrogen (secondary N) is 1. The number of fused-ring (bicyclic) bond motifs is 1. The number of carbonyl (C=O) groups excluding carboxylic acids is 1. The van der Waals surface area contributed by atoms with Gasteiger partial charge in [-0.2, -0.15) is 13.2 Å². The number of anilines is 1. The summed E-state index contributed by atoms with van der Waals surface area (Å²) in [5.41, 5.74) is -0.173. The van der Waals surface area contributed by atoms with Gasteiger partial charge in [0.05, 0.1) is 5.41 Å². The quantitative estimate of drug-likeness (QED) is 0.828. The molecule has 2 N–H and O–H groups in total. The summed E-state index contributed by atoms with van der Waals surface area (Å²) in [5, 5.41) is 12.3. The Balaban J connectivity index is 1.69. The van der Waals surface area contributed by atoms with Gasteiger partial charge in [-0.25, -0.2) is 4.79 Å². The Kier molecular flexibility index (Phi) is 4.96. The molecule has 0 bridgehead atoms. The zero-order valence-corrected chi connectivity index (χ0v) is 14.8. The van der Waals surface area contributed by atoms with E-state index in [0.29, 0.717) is 24.2 Å². The van der Waals surface area contributed by atoms with Crippen molar-refractivity contribution in [1.82, 2.24) is 4.90 Å². The van der Waals surface area contributed by atoms with Crippen LogP contribution in [0.4, 0.5) is 23.7 Å². The standard InChI is InChI=1S/C18H21F3N2O4/c1-11-13(5-2-6-14(11)27-10-18(19,20)21)22-16(26)23-8-12-4-3-7-17(12,9-23)15(24)25/h2,5-6,12H,3-4,7-10H2,1H3,(H,22,26)(H,24,25)/t12-,17+/m0/s1. The maximum Gasteiger partial charge on any atom is 0.422 e. The van der Waals surface area contributed by atoms with E-state index in [9.17, 15) is 27.9 Å². The molecule has 0 spiro atoms. The number of carboxylic acid groups (broad SMARTS) is 1. The minimum atomic E-state index is -4.45. The Hall–Kier alpha value is -2.45. The molecular formula is C18H21F3N2O4. The van der Waals surface area contributed by atoms with E-state index in [4.69, 9.17) is 4.74 Å². The highest BCUT2D eigenvalue weighted by molar-refractivity contribution is 5.91. The van der Waals surface area contributed by atoms with Gasteiger partial charge in [0.15, 0.2) is 6.61 Å². The van der Waals surface area contributed by atoms with Gasteiger partial charge in [-0.1, -0.05) is 12.5 Å². The lowest BCUT2D eigenvalue weighted by Crippen LogP contribution is -2.38. The Bertz CT molecular complexity index is 753. The first-order valence-corrected chi connectivity index (χ1v) is 8.71. The highest BCUT2D eigenvalue weighted by atomic mass is 19.4. The van der Waals surface area contributed by atoms with Crippen molar-refractivity contribution >= 4 is 17.7 Å². The van der Waals surface area contributed by atoms with Crippen molar-refractivity contribution in [2.45, 2.75) is 32.4 Å². The summed E-state index contributed by atoms with van der Waals surface area (Å²) < 4.78 is 41.8. The number of hydrogen-bond acceptors (Lipinski definition) is 3. The molecule has 0 unspecified atom stereocenters. The molecule has 0 radical (unpaired) electrons. The summed E-state index contributed by atoms with van der Waals surface area (Å²) in [5.74, 6) is -0.909. The van der Waals surface area contributed by atoms with Crippen LogP contribution in [0.3, 0.4) is 0 Å². The van der Waals surface area contributed by atoms with Crippen LogP contribution in [0.25, 0.3) is 0 Å². The number of nitrogens with zero attached hydrogens (tertiary/aromatic N) is 1. The molecule has 27 heavy (non-hydrogen) atoms. The third-order valence-electron chi connectivity index (χ3n) is 5.50. The summed E-state index contributed by atoms with van der Waals surface area (Å²) in [6.45, 7) is 0.641. The van der Waals surface area contributed by atoms with Crippen LogP contribution in [0.1, 0.15) is 24.8 Å². The SMILES string of the molecule is Cc1c(NC(=O)N2C[C@@H]3CCC[C@@]3(C(=O)O)C2)cccc1OCC(F)(F)F. The molecule has 1 aromatic carbocycles.